The number of amides is 1. The second kappa shape index (κ2) is 12.6. The van der Waals surface area contributed by atoms with Crippen LogP contribution in [0.1, 0.15) is 69.5 Å². The third kappa shape index (κ3) is 7.33. The summed E-state index contributed by atoms with van der Waals surface area (Å²) in [7, 11) is 0. The summed E-state index contributed by atoms with van der Waals surface area (Å²) in [5.74, 6) is 2.19. The molecule has 2 saturated heterocycles. The molecule has 1 aromatic carbocycles. The van der Waals surface area contributed by atoms with E-state index in [0.717, 1.165) is 50.6 Å². The standard InChI is InChI=1S/C26H40N2O5/c29-25(7-3-1-2-6-20-10-14-31-15-11-20)27-22(19-28-12-4-5-13-28)26(30)21-8-9-23-24(18-21)33-17-16-32-23/h8-9,18,20,22,26,30H,1-7,10-17,19H2,(H,27,29)/t22-,26+/m1/s1. The second-order valence-electron chi connectivity index (χ2n) is 9.68. The third-order valence-corrected chi connectivity index (χ3v) is 7.15. The highest BCUT2D eigenvalue weighted by molar-refractivity contribution is 5.76. The van der Waals surface area contributed by atoms with E-state index in [1.807, 2.05) is 18.2 Å². The fourth-order valence-corrected chi connectivity index (χ4v) is 5.15. The Labute approximate surface area is 197 Å². The van der Waals surface area contributed by atoms with Crippen LogP contribution in [0.15, 0.2) is 18.2 Å². The highest BCUT2D eigenvalue weighted by atomic mass is 16.6. The maximum absolute atomic E-state index is 12.8. The van der Waals surface area contributed by atoms with Gasteiger partial charge in [-0.15, -0.1) is 0 Å². The van der Waals surface area contributed by atoms with Crippen molar-refractivity contribution < 1.29 is 24.1 Å². The van der Waals surface area contributed by atoms with E-state index in [2.05, 4.69) is 10.2 Å². The van der Waals surface area contributed by atoms with Crippen molar-refractivity contribution in [2.45, 2.75) is 69.9 Å². The Hall–Kier alpha value is -1.83. The Morgan fingerprint density at radius 2 is 1.79 bits per heavy atom. The highest BCUT2D eigenvalue weighted by Gasteiger charge is 2.27. The van der Waals surface area contributed by atoms with Crippen molar-refractivity contribution in [3.63, 3.8) is 0 Å². The van der Waals surface area contributed by atoms with E-state index in [0.29, 0.717) is 37.7 Å². The van der Waals surface area contributed by atoms with Crippen molar-refractivity contribution in [2.24, 2.45) is 5.92 Å². The molecule has 4 rings (SSSR count). The number of rotatable bonds is 11. The van der Waals surface area contributed by atoms with Crippen LogP contribution >= 0.6 is 0 Å². The predicted molar refractivity (Wildman–Crippen MR) is 127 cm³/mol. The summed E-state index contributed by atoms with van der Waals surface area (Å²) in [5, 5.41) is 14.3. The van der Waals surface area contributed by atoms with Crippen molar-refractivity contribution in [3.05, 3.63) is 23.8 Å². The first-order valence-corrected chi connectivity index (χ1v) is 12.9. The lowest BCUT2D eigenvalue weighted by atomic mass is 9.93. The molecule has 3 heterocycles. The first-order valence-electron chi connectivity index (χ1n) is 12.9. The molecule has 2 fully saturated rings. The minimum atomic E-state index is -0.793. The van der Waals surface area contributed by atoms with E-state index in [9.17, 15) is 9.90 Å². The zero-order valence-electron chi connectivity index (χ0n) is 19.8. The fraction of sp³-hybridized carbons (Fsp3) is 0.731. The van der Waals surface area contributed by atoms with Gasteiger partial charge < -0.3 is 29.5 Å². The van der Waals surface area contributed by atoms with Gasteiger partial charge in [-0.3, -0.25) is 4.79 Å². The summed E-state index contributed by atoms with van der Waals surface area (Å²) >= 11 is 0. The van der Waals surface area contributed by atoms with Crippen LogP contribution in [0.2, 0.25) is 0 Å². The van der Waals surface area contributed by atoms with Crippen molar-refractivity contribution in [3.8, 4) is 11.5 Å². The van der Waals surface area contributed by atoms with Gasteiger partial charge >= 0.3 is 0 Å². The van der Waals surface area contributed by atoms with Gasteiger partial charge in [-0.25, -0.2) is 0 Å². The van der Waals surface area contributed by atoms with E-state index in [4.69, 9.17) is 14.2 Å². The van der Waals surface area contributed by atoms with Crippen molar-refractivity contribution in [1.29, 1.82) is 0 Å². The Kier molecular flexibility index (Phi) is 9.26. The third-order valence-electron chi connectivity index (χ3n) is 7.15. The van der Waals surface area contributed by atoms with E-state index < -0.39 is 6.10 Å². The molecule has 1 amide bonds. The number of unbranched alkanes of at least 4 members (excludes halogenated alkanes) is 2. The van der Waals surface area contributed by atoms with Gasteiger partial charge in [-0.05, 0) is 68.8 Å². The number of benzene rings is 1. The van der Waals surface area contributed by atoms with Crippen LogP contribution in [-0.2, 0) is 9.53 Å². The molecule has 0 aliphatic carbocycles. The largest absolute Gasteiger partial charge is 0.486 e. The van der Waals surface area contributed by atoms with Gasteiger partial charge in [0.05, 0.1) is 6.04 Å². The van der Waals surface area contributed by atoms with Crippen LogP contribution in [0.25, 0.3) is 0 Å². The number of nitrogens with one attached hydrogen (secondary N) is 1. The first-order chi connectivity index (χ1) is 16.2. The molecule has 0 aromatic heterocycles. The Bertz CT molecular complexity index is 746. The van der Waals surface area contributed by atoms with Gasteiger partial charge in [-0.2, -0.15) is 0 Å². The zero-order valence-corrected chi connectivity index (χ0v) is 19.8. The van der Waals surface area contributed by atoms with Crippen molar-refractivity contribution in [2.75, 3.05) is 46.1 Å². The number of fused-ring (bicyclic) bond motifs is 1. The highest BCUT2D eigenvalue weighted by Crippen LogP contribution is 2.33. The van der Waals surface area contributed by atoms with Crippen LogP contribution < -0.4 is 14.8 Å². The summed E-state index contributed by atoms with van der Waals surface area (Å²) in [5.41, 5.74) is 0.750. The normalized spacial score (nSPS) is 21.0. The molecule has 7 heteroatoms. The molecule has 2 atom stereocenters. The minimum Gasteiger partial charge on any atom is -0.486 e. The molecule has 0 spiro atoms. The van der Waals surface area contributed by atoms with Gasteiger partial charge in [0.2, 0.25) is 5.91 Å². The molecule has 3 aliphatic rings. The number of likely N-dealkylation sites (tertiary alicyclic amines) is 1. The lowest BCUT2D eigenvalue weighted by Crippen LogP contribution is -2.46. The number of carbonyl (C=O) groups excluding carboxylic acids is 1. The maximum atomic E-state index is 12.8. The van der Waals surface area contributed by atoms with Crippen LogP contribution in [0.4, 0.5) is 0 Å². The van der Waals surface area contributed by atoms with Gasteiger partial charge in [0.1, 0.15) is 19.3 Å². The van der Waals surface area contributed by atoms with Gasteiger partial charge in [0.15, 0.2) is 11.5 Å². The number of ether oxygens (including phenoxy) is 3. The van der Waals surface area contributed by atoms with Gasteiger partial charge in [0.25, 0.3) is 0 Å². The molecule has 33 heavy (non-hydrogen) atoms. The van der Waals surface area contributed by atoms with E-state index in [-0.39, 0.29) is 11.9 Å². The molecule has 1 aromatic rings. The monoisotopic (exact) mass is 460 g/mol. The zero-order chi connectivity index (χ0) is 22.9. The lowest BCUT2D eigenvalue weighted by Gasteiger charge is -2.29. The topological polar surface area (TPSA) is 80.3 Å². The quantitative estimate of drug-likeness (QED) is 0.493. The number of carbonyl (C=O) groups is 1. The lowest BCUT2D eigenvalue weighted by molar-refractivity contribution is -0.123. The average molecular weight is 461 g/mol. The molecule has 184 valence electrons. The van der Waals surface area contributed by atoms with E-state index >= 15 is 0 Å². The predicted octanol–water partition coefficient (Wildman–Crippen LogP) is 3.45. The van der Waals surface area contributed by atoms with Crippen LogP contribution in [0, 0.1) is 5.92 Å². The fourth-order valence-electron chi connectivity index (χ4n) is 5.15. The smallest absolute Gasteiger partial charge is 0.220 e. The van der Waals surface area contributed by atoms with E-state index in [1.165, 1.54) is 38.5 Å². The van der Waals surface area contributed by atoms with Crippen molar-refractivity contribution >= 4 is 5.91 Å². The van der Waals surface area contributed by atoms with E-state index in [1.54, 1.807) is 0 Å². The Morgan fingerprint density at radius 1 is 1.03 bits per heavy atom. The molecule has 7 nitrogen and oxygen atoms in total. The first kappa shape index (κ1) is 24.3. The number of nitrogens with zero attached hydrogens (tertiary/aromatic N) is 1. The summed E-state index contributed by atoms with van der Waals surface area (Å²) < 4.78 is 16.7. The summed E-state index contributed by atoms with van der Waals surface area (Å²) in [6.45, 7) is 5.55. The minimum absolute atomic E-state index is 0.0295. The molecule has 0 bridgehead atoms. The van der Waals surface area contributed by atoms with Crippen LogP contribution in [-0.4, -0.2) is 68.0 Å². The molecular weight excluding hydrogens is 420 g/mol. The molecule has 0 radical (unpaired) electrons. The van der Waals surface area contributed by atoms with Gasteiger partial charge in [-0.1, -0.05) is 25.3 Å². The SMILES string of the molecule is O=C(CCCCCC1CCOCC1)N[C@H](CN1CCCC1)[C@@H](O)c1ccc2c(c1)OCCO2. The van der Waals surface area contributed by atoms with Crippen LogP contribution in [0.5, 0.6) is 11.5 Å². The molecule has 2 N–H and O–H groups in total. The molecule has 0 unspecified atom stereocenters. The maximum Gasteiger partial charge on any atom is 0.220 e. The Balaban J connectivity index is 1.27. The number of hydrogen-bond acceptors (Lipinski definition) is 6. The summed E-state index contributed by atoms with van der Waals surface area (Å²) in [4.78, 5) is 15.1. The van der Waals surface area contributed by atoms with Crippen LogP contribution in [0.3, 0.4) is 0 Å². The van der Waals surface area contributed by atoms with Crippen molar-refractivity contribution in [1.82, 2.24) is 10.2 Å². The summed E-state index contributed by atoms with van der Waals surface area (Å²) in [6, 6.07) is 5.22. The van der Waals surface area contributed by atoms with Gasteiger partial charge in [0, 0.05) is 26.2 Å². The number of aliphatic hydroxyl groups is 1. The average Bonchev–Trinajstić information content (AvgIpc) is 3.36. The molecule has 0 saturated carbocycles. The molecule has 3 aliphatic heterocycles. The second-order valence-corrected chi connectivity index (χ2v) is 9.68. The number of aliphatic hydroxyl groups excluding tert-OH is 1. The number of hydrogen-bond donors (Lipinski definition) is 2. The summed E-state index contributed by atoms with van der Waals surface area (Å²) in [6.07, 6.45) is 8.81. The Morgan fingerprint density at radius 3 is 2.58 bits per heavy atom. The molecular formula is C26H40N2O5.